The Balaban J connectivity index is 2.10. The van der Waals surface area contributed by atoms with Gasteiger partial charge < -0.3 is 10.1 Å². The van der Waals surface area contributed by atoms with Crippen LogP contribution in [0, 0.1) is 23.5 Å². The van der Waals surface area contributed by atoms with Gasteiger partial charge in [0.05, 0.1) is 11.7 Å². The van der Waals surface area contributed by atoms with Gasteiger partial charge in [-0.25, -0.2) is 8.78 Å². The summed E-state index contributed by atoms with van der Waals surface area (Å²) in [5.74, 6) is -0.339. The van der Waals surface area contributed by atoms with Gasteiger partial charge in [-0.15, -0.1) is 0 Å². The summed E-state index contributed by atoms with van der Waals surface area (Å²) in [6.45, 7) is 6.48. The standard InChI is InChI=1S/C16H23F2NO/c1-11(2)9-19-10-12-5-4-8-20-16(12)15-13(17)6-3-7-14(15)18/h3,6-7,11-12,16,19H,4-5,8-10H2,1-2H3. The second-order valence-corrected chi connectivity index (χ2v) is 5.88. The molecule has 1 fully saturated rings. The molecular formula is C16H23F2NO. The molecule has 0 aromatic heterocycles. The van der Waals surface area contributed by atoms with Gasteiger partial charge in [0.2, 0.25) is 0 Å². The molecule has 1 aliphatic rings. The Labute approximate surface area is 119 Å². The average Bonchev–Trinajstić information content (AvgIpc) is 2.40. The summed E-state index contributed by atoms with van der Waals surface area (Å²) in [5, 5.41) is 3.37. The zero-order valence-electron chi connectivity index (χ0n) is 12.2. The molecule has 0 bridgehead atoms. The van der Waals surface area contributed by atoms with E-state index in [0.29, 0.717) is 12.5 Å². The highest BCUT2D eigenvalue weighted by molar-refractivity contribution is 5.23. The van der Waals surface area contributed by atoms with Gasteiger partial charge in [-0.3, -0.25) is 0 Å². The van der Waals surface area contributed by atoms with E-state index >= 15 is 0 Å². The molecule has 0 amide bonds. The van der Waals surface area contributed by atoms with Crippen molar-refractivity contribution >= 4 is 0 Å². The van der Waals surface area contributed by atoms with Crippen LogP contribution in [0.4, 0.5) is 8.78 Å². The van der Waals surface area contributed by atoms with Crippen molar-refractivity contribution in [2.75, 3.05) is 19.7 Å². The van der Waals surface area contributed by atoms with E-state index in [0.717, 1.165) is 25.9 Å². The lowest BCUT2D eigenvalue weighted by atomic mass is 9.88. The highest BCUT2D eigenvalue weighted by Crippen LogP contribution is 2.35. The fourth-order valence-electron chi connectivity index (χ4n) is 2.71. The molecule has 0 aliphatic carbocycles. The molecule has 112 valence electrons. The van der Waals surface area contributed by atoms with Crippen molar-refractivity contribution < 1.29 is 13.5 Å². The van der Waals surface area contributed by atoms with E-state index < -0.39 is 17.7 Å². The van der Waals surface area contributed by atoms with Crippen molar-refractivity contribution in [3.63, 3.8) is 0 Å². The van der Waals surface area contributed by atoms with E-state index in [-0.39, 0.29) is 11.5 Å². The van der Waals surface area contributed by atoms with Gasteiger partial charge in [0.25, 0.3) is 0 Å². The zero-order chi connectivity index (χ0) is 14.5. The Morgan fingerprint density at radius 3 is 2.65 bits per heavy atom. The summed E-state index contributed by atoms with van der Waals surface area (Å²) in [5.41, 5.74) is 0.0866. The third kappa shape index (κ3) is 3.76. The lowest BCUT2D eigenvalue weighted by Crippen LogP contribution is -2.34. The minimum Gasteiger partial charge on any atom is -0.373 e. The molecule has 1 aromatic rings. The lowest BCUT2D eigenvalue weighted by Gasteiger charge is -2.32. The number of rotatable bonds is 5. The molecular weight excluding hydrogens is 260 g/mol. The maximum absolute atomic E-state index is 13.9. The van der Waals surface area contributed by atoms with E-state index in [1.807, 2.05) is 0 Å². The van der Waals surface area contributed by atoms with Crippen LogP contribution in [0.3, 0.4) is 0 Å². The molecule has 1 heterocycles. The summed E-state index contributed by atoms with van der Waals surface area (Å²) >= 11 is 0. The average molecular weight is 283 g/mol. The minimum atomic E-state index is -0.509. The Bertz CT molecular complexity index is 416. The van der Waals surface area contributed by atoms with Crippen molar-refractivity contribution in [3.05, 3.63) is 35.4 Å². The largest absolute Gasteiger partial charge is 0.373 e. The van der Waals surface area contributed by atoms with Gasteiger partial charge in [-0.2, -0.15) is 0 Å². The lowest BCUT2D eigenvalue weighted by molar-refractivity contribution is -0.0317. The zero-order valence-corrected chi connectivity index (χ0v) is 12.2. The smallest absolute Gasteiger partial charge is 0.131 e. The van der Waals surface area contributed by atoms with Gasteiger partial charge in [-0.05, 0) is 37.4 Å². The predicted molar refractivity (Wildman–Crippen MR) is 75.5 cm³/mol. The van der Waals surface area contributed by atoms with Gasteiger partial charge in [0.15, 0.2) is 0 Å². The molecule has 2 nitrogen and oxygen atoms in total. The number of halogens is 2. The molecule has 20 heavy (non-hydrogen) atoms. The molecule has 2 atom stereocenters. The summed E-state index contributed by atoms with van der Waals surface area (Å²) in [4.78, 5) is 0. The number of ether oxygens (including phenoxy) is 1. The normalized spacial score (nSPS) is 23.2. The highest BCUT2D eigenvalue weighted by atomic mass is 19.1. The number of nitrogens with one attached hydrogen (secondary N) is 1. The molecule has 1 saturated heterocycles. The number of hydrogen-bond acceptors (Lipinski definition) is 2. The molecule has 2 unspecified atom stereocenters. The third-order valence-electron chi connectivity index (χ3n) is 3.69. The highest BCUT2D eigenvalue weighted by Gasteiger charge is 2.31. The SMILES string of the molecule is CC(C)CNCC1CCCOC1c1c(F)cccc1F. The third-order valence-corrected chi connectivity index (χ3v) is 3.69. The summed E-state index contributed by atoms with van der Waals surface area (Å²) in [6.07, 6.45) is 1.40. The van der Waals surface area contributed by atoms with Crippen molar-refractivity contribution in [2.45, 2.75) is 32.8 Å². The van der Waals surface area contributed by atoms with E-state index in [1.54, 1.807) is 0 Å². The van der Waals surface area contributed by atoms with Crippen LogP contribution in [-0.4, -0.2) is 19.7 Å². The molecule has 1 N–H and O–H groups in total. The Morgan fingerprint density at radius 1 is 1.30 bits per heavy atom. The van der Waals surface area contributed by atoms with Crippen LogP contribution in [0.25, 0.3) is 0 Å². The first kappa shape index (κ1) is 15.4. The van der Waals surface area contributed by atoms with Gasteiger partial charge in [0, 0.05) is 19.1 Å². The predicted octanol–water partition coefficient (Wildman–Crippen LogP) is 3.68. The number of hydrogen-bond donors (Lipinski definition) is 1. The second-order valence-electron chi connectivity index (χ2n) is 5.88. The molecule has 2 rings (SSSR count). The van der Waals surface area contributed by atoms with Gasteiger partial charge in [-0.1, -0.05) is 19.9 Å². The van der Waals surface area contributed by atoms with E-state index in [9.17, 15) is 8.78 Å². The van der Waals surface area contributed by atoms with Crippen LogP contribution in [0.15, 0.2) is 18.2 Å². The first-order valence-electron chi connectivity index (χ1n) is 7.35. The van der Waals surface area contributed by atoms with Crippen molar-refractivity contribution in [2.24, 2.45) is 11.8 Å². The Hall–Kier alpha value is -1.00. The number of benzene rings is 1. The van der Waals surface area contributed by atoms with Crippen LogP contribution in [0.5, 0.6) is 0 Å². The van der Waals surface area contributed by atoms with E-state index in [2.05, 4.69) is 19.2 Å². The monoisotopic (exact) mass is 283 g/mol. The van der Waals surface area contributed by atoms with Crippen LogP contribution in [-0.2, 0) is 4.74 Å². The van der Waals surface area contributed by atoms with Gasteiger partial charge >= 0.3 is 0 Å². The van der Waals surface area contributed by atoms with E-state index in [4.69, 9.17) is 4.74 Å². The van der Waals surface area contributed by atoms with Crippen molar-refractivity contribution in [1.82, 2.24) is 5.32 Å². The molecule has 1 aliphatic heterocycles. The van der Waals surface area contributed by atoms with Crippen LogP contribution in [0.1, 0.15) is 38.4 Å². The summed E-state index contributed by atoms with van der Waals surface area (Å²) < 4.78 is 33.5. The molecule has 4 heteroatoms. The topological polar surface area (TPSA) is 21.3 Å². The molecule has 1 aromatic carbocycles. The minimum absolute atomic E-state index is 0.0866. The second kappa shape index (κ2) is 7.14. The van der Waals surface area contributed by atoms with Crippen molar-refractivity contribution in [1.29, 1.82) is 0 Å². The molecule has 0 radical (unpaired) electrons. The first-order valence-corrected chi connectivity index (χ1v) is 7.35. The van der Waals surface area contributed by atoms with E-state index in [1.165, 1.54) is 18.2 Å². The molecule has 0 spiro atoms. The van der Waals surface area contributed by atoms with Crippen LogP contribution >= 0.6 is 0 Å². The van der Waals surface area contributed by atoms with Gasteiger partial charge in [0.1, 0.15) is 11.6 Å². The quantitative estimate of drug-likeness (QED) is 0.890. The Morgan fingerprint density at radius 2 is 2.00 bits per heavy atom. The fraction of sp³-hybridized carbons (Fsp3) is 0.625. The van der Waals surface area contributed by atoms with Crippen LogP contribution < -0.4 is 5.32 Å². The fourth-order valence-corrected chi connectivity index (χ4v) is 2.71. The van der Waals surface area contributed by atoms with Crippen molar-refractivity contribution in [3.8, 4) is 0 Å². The first-order chi connectivity index (χ1) is 9.59. The maximum atomic E-state index is 13.9. The maximum Gasteiger partial charge on any atom is 0.131 e. The molecule has 0 saturated carbocycles. The van der Waals surface area contributed by atoms with Crippen LogP contribution in [0.2, 0.25) is 0 Å². The Kier molecular flexibility index (Phi) is 5.49. The summed E-state index contributed by atoms with van der Waals surface area (Å²) in [7, 11) is 0. The summed E-state index contributed by atoms with van der Waals surface area (Å²) in [6, 6.07) is 3.99.